The van der Waals surface area contributed by atoms with Crippen molar-refractivity contribution in [1.29, 1.82) is 0 Å². The van der Waals surface area contributed by atoms with Crippen molar-refractivity contribution in [3.63, 3.8) is 0 Å². The van der Waals surface area contributed by atoms with Gasteiger partial charge in [-0.25, -0.2) is 4.68 Å². The minimum absolute atomic E-state index is 0.0134. The molecule has 3 aromatic rings. The zero-order valence-corrected chi connectivity index (χ0v) is 14.2. The van der Waals surface area contributed by atoms with Crippen LogP contribution in [-0.2, 0) is 0 Å². The van der Waals surface area contributed by atoms with Gasteiger partial charge in [0.25, 0.3) is 0 Å². The normalized spacial score (nSPS) is 15.1. The highest BCUT2D eigenvalue weighted by molar-refractivity contribution is 7.07. The molecule has 1 heterocycles. The van der Waals surface area contributed by atoms with E-state index in [9.17, 15) is 10.2 Å². The van der Waals surface area contributed by atoms with Crippen molar-refractivity contribution in [2.75, 3.05) is 0 Å². The lowest BCUT2D eigenvalue weighted by atomic mass is 10.1. The number of phenols is 2. The van der Waals surface area contributed by atoms with Gasteiger partial charge in [-0.05, 0) is 30.5 Å². The fourth-order valence-corrected chi connectivity index (χ4v) is 3.34. The van der Waals surface area contributed by atoms with Gasteiger partial charge in [-0.15, -0.1) is 11.3 Å². The number of hydrogen-bond acceptors (Lipinski definition) is 5. The maximum absolute atomic E-state index is 10.2. The van der Waals surface area contributed by atoms with E-state index in [-0.39, 0.29) is 11.5 Å². The van der Waals surface area contributed by atoms with Crippen LogP contribution in [0, 0.1) is 0 Å². The Morgan fingerprint density at radius 2 is 1.88 bits per heavy atom. The molecule has 5 nitrogen and oxygen atoms in total. The summed E-state index contributed by atoms with van der Waals surface area (Å²) in [5.74, 6) is 0.0399. The highest BCUT2D eigenvalue weighted by Crippen LogP contribution is 2.32. The van der Waals surface area contributed by atoms with Gasteiger partial charge >= 0.3 is 0 Å². The maximum Gasteiger partial charge on any atom is 0.206 e. The first-order valence-corrected chi connectivity index (χ1v) is 8.95. The Bertz CT molecular complexity index is 985. The molecule has 0 radical (unpaired) electrons. The third-order valence-electron chi connectivity index (χ3n) is 3.90. The van der Waals surface area contributed by atoms with Gasteiger partial charge in [0.1, 0.15) is 11.5 Å². The van der Waals surface area contributed by atoms with Gasteiger partial charge in [0.05, 0.1) is 18.0 Å². The number of aromatic hydroxyl groups is 2. The first-order chi connectivity index (χ1) is 12.2. The molecule has 0 aliphatic heterocycles. The summed E-state index contributed by atoms with van der Waals surface area (Å²) >= 11 is 1.50. The average molecular weight is 351 g/mol. The van der Waals surface area contributed by atoms with Crippen LogP contribution in [0.15, 0.2) is 64.0 Å². The quantitative estimate of drug-likeness (QED) is 0.706. The Kier molecular flexibility index (Phi) is 4.11. The Morgan fingerprint density at radius 3 is 2.60 bits per heavy atom. The summed E-state index contributed by atoms with van der Waals surface area (Å²) in [5, 5.41) is 26.3. The predicted molar refractivity (Wildman–Crippen MR) is 99.1 cm³/mol. The Balaban J connectivity index is 1.82. The predicted octanol–water partition coefficient (Wildman–Crippen LogP) is 3.57. The third kappa shape index (κ3) is 3.49. The second-order valence-electron chi connectivity index (χ2n) is 5.93. The van der Waals surface area contributed by atoms with Crippen molar-refractivity contribution in [3.05, 3.63) is 64.3 Å². The molecule has 0 bridgehead atoms. The number of phenolic OH excluding ortho intramolecular Hbond substituents is 2. The molecule has 0 atom stereocenters. The molecule has 1 aromatic heterocycles. The average Bonchev–Trinajstić information content (AvgIpc) is 3.34. The number of thiazole rings is 1. The first kappa shape index (κ1) is 15.7. The number of aromatic nitrogens is 1. The molecule has 126 valence electrons. The minimum Gasteiger partial charge on any atom is -0.508 e. The molecule has 1 fully saturated rings. The Labute approximate surface area is 148 Å². The van der Waals surface area contributed by atoms with Crippen molar-refractivity contribution in [1.82, 2.24) is 4.68 Å². The van der Waals surface area contributed by atoms with Crippen molar-refractivity contribution < 1.29 is 10.2 Å². The van der Waals surface area contributed by atoms with Crippen LogP contribution in [0.1, 0.15) is 18.4 Å². The number of benzene rings is 2. The Morgan fingerprint density at radius 1 is 1.08 bits per heavy atom. The third-order valence-corrected chi connectivity index (χ3v) is 4.73. The molecule has 25 heavy (non-hydrogen) atoms. The summed E-state index contributed by atoms with van der Waals surface area (Å²) in [6, 6.07) is 14.8. The van der Waals surface area contributed by atoms with E-state index in [1.807, 2.05) is 35.7 Å². The maximum atomic E-state index is 10.2. The molecule has 4 rings (SSSR count). The topological polar surface area (TPSA) is 70.1 Å². The second-order valence-corrected chi connectivity index (χ2v) is 6.77. The lowest BCUT2D eigenvalue weighted by Crippen LogP contribution is -2.13. The van der Waals surface area contributed by atoms with Crippen LogP contribution < -0.4 is 4.80 Å². The monoisotopic (exact) mass is 351 g/mol. The molecule has 2 aromatic carbocycles. The van der Waals surface area contributed by atoms with Crippen LogP contribution in [0.4, 0.5) is 0 Å². The Hall–Kier alpha value is -2.86. The molecule has 0 amide bonds. The van der Waals surface area contributed by atoms with Crippen molar-refractivity contribution in [3.8, 4) is 22.8 Å². The highest BCUT2D eigenvalue weighted by atomic mass is 32.1. The van der Waals surface area contributed by atoms with Crippen molar-refractivity contribution >= 4 is 17.6 Å². The van der Waals surface area contributed by atoms with Crippen LogP contribution >= 0.6 is 11.3 Å². The van der Waals surface area contributed by atoms with Crippen molar-refractivity contribution in [2.45, 2.75) is 18.9 Å². The van der Waals surface area contributed by atoms with Gasteiger partial charge in [-0.2, -0.15) is 5.10 Å². The van der Waals surface area contributed by atoms with E-state index in [0.29, 0.717) is 11.6 Å². The minimum atomic E-state index is 0.0134. The second kappa shape index (κ2) is 6.57. The largest absolute Gasteiger partial charge is 0.508 e. The van der Waals surface area contributed by atoms with E-state index in [1.54, 1.807) is 23.0 Å². The van der Waals surface area contributed by atoms with Gasteiger partial charge in [0, 0.05) is 17.0 Å². The lowest BCUT2D eigenvalue weighted by Gasteiger charge is -2.06. The van der Waals surface area contributed by atoms with E-state index in [0.717, 1.165) is 28.9 Å². The summed E-state index contributed by atoms with van der Waals surface area (Å²) in [6.45, 7) is 0. The molecule has 0 unspecified atom stereocenters. The molecule has 1 aliphatic carbocycles. The van der Waals surface area contributed by atoms with Gasteiger partial charge in [0.15, 0.2) is 0 Å². The van der Waals surface area contributed by atoms with E-state index in [4.69, 9.17) is 4.99 Å². The molecular formula is C19H17N3O2S. The van der Waals surface area contributed by atoms with E-state index in [2.05, 4.69) is 5.10 Å². The van der Waals surface area contributed by atoms with Gasteiger partial charge in [-0.1, -0.05) is 30.3 Å². The zero-order valence-electron chi connectivity index (χ0n) is 13.4. The summed E-state index contributed by atoms with van der Waals surface area (Å²) in [6.07, 6.45) is 4.00. The molecule has 1 saturated carbocycles. The molecule has 6 heteroatoms. The van der Waals surface area contributed by atoms with Crippen LogP contribution in [-0.4, -0.2) is 27.1 Å². The van der Waals surface area contributed by atoms with Crippen molar-refractivity contribution in [2.24, 2.45) is 10.1 Å². The standard InChI is InChI=1S/C19H17N3O2S/c23-15-8-9-16(18(24)10-15)17-12-25-19(21-14-6-7-14)22(17)20-11-13-4-2-1-3-5-13/h1-5,8-12,14,23-24H,6-7H2/b20-11-,21-19?. The summed E-state index contributed by atoms with van der Waals surface area (Å²) in [4.78, 5) is 5.52. The van der Waals surface area contributed by atoms with Crippen LogP contribution in [0.3, 0.4) is 0 Å². The van der Waals surface area contributed by atoms with Crippen LogP contribution in [0.2, 0.25) is 0 Å². The summed E-state index contributed by atoms with van der Waals surface area (Å²) < 4.78 is 1.75. The zero-order chi connectivity index (χ0) is 17.2. The van der Waals surface area contributed by atoms with Gasteiger partial charge in [0.2, 0.25) is 4.80 Å². The smallest absolute Gasteiger partial charge is 0.206 e. The fraction of sp³-hybridized carbons (Fsp3) is 0.158. The SMILES string of the molecule is Oc1ccc(-c2csc(=NC3CC3)n2/N=C\c2ccccc2)c(O)c1. The van der Waals surface area contributed by atoms with E-state index in [1.165, 1.54) is 17.4 Å². The molecule has 0 spiro atoms. The summed E-state index contributed by atoms with van der Waals surface area (Å²) in [7, 11) is 0. The number of hydrogen-bond donors (Lipinski definition) is 2. The lowest BCUT2D eigenvalue weighted by molar-refractivity contribution is 0.451. The first-order valence-electron chi connectivity index (χ1n) is 8.07. The van der Waals surface area contributed by atoms with Gasteiger partial charge in [-0.3, -0.25) is 4.99 Å². The molecule has 2 N–H and O–H groups in total. The van der Waals surface area contributed by atoms with Crippen LogP contribution in [0.25, 0.3) is 11.3 Å². The van der Waals surface area contributed by atoms with Crippen LogP contribution in [0.5, 0.6) is 11.5 Å². The number of nitrogens with zero attached hydrogens (tertiary/aromatic N) is 3. The highest BCUT2D eigenvalue weighted by Gasteiger charge is 2.21. The molecule has 0 saturated heterocycles. The molecular weight excluding hydrogens is 334 g/mol. The van der Waals surface area contributed by atoms with E-state index < -0.39 is 0 Å². The molecule has 1 aliphatic rings. The summed E-state index contributed by atoms with van der Waals surface area (Å²) in [5.41, 5.74) is 2.34. The fourth-order valence-electron chi connectivity index (χ4n) is 2.45. The van der Waals surface area contributed by atoms with E-state index >= 15 is 0 Å². The van der Waals surface area contributed by atoms with Gasteiger partial charge < -0.3 is 10.2 Å². The number of rotatable bonds is 4.